The Morgan fingerprint density at radius 3 is 2.55 bits per heavy atom. The van der Waals surface area contributed by atoms with Gasteiger partial charge in [0.05, 0.1) is 12.3 Å². The molecule has 0 saturated heterocycles. The summed E-state index contributed by atoms with van der Waals surface area (Å²) >= 11 is 0. The number of benzene rings is 1. The SMILES string of the molecule is COCC(C)c1nc(NN)c(C)c(-c2ccccc2)n1. The van der Waals surface area contributed by atoms with E-state index in [0.717, 1.165) is 22.6 Å². The summed E-state index contributed by atoms with van der Waals surface area (Å²) in [5.74, 6) is 7.05. The molecule has 5 nitrogen and oxygen atoms in total. The molecule has 0 bridgehead atoms. The molecule has 20 heavy (non-hydrogen) atoms. The van der Waals surface area contributed by atoms with E-state index in [1.807, 2.05) is 44.2 Å². The first-order valence-corrected chi connectivity index (χ1v) is 6.56. The predicted octanol–water partition coefficient (Wildman–Crippen LogP) is 2.49. The van der Waals surface area contributed by atoms with Crippen LogP contribution in [0, 0.1) is 6.92 Å². The van der Waals surface area contributed by atoms with E-state index in [1.54, 1.807) is 7.11 Å². The van der Waals surface area contributed by atoms with Crippen LogP contribution in [0.3, 0.4) is 0 Å². The number of anilines is 1. The Morgan fingerprint density at radius 1 is 1.25 bits per heavy atom. The van der Waals surface area contributed by atoms with Gasteiger partial charge in [0.25, 0.3) is 0 Å². The fourth-order valence-corrected chi connectivity index (χ4v) is 2.10. The van der Waals surface area contributed by atoms with Crippen molar-refractivity contribution in [1.29, 1.82) is 0 Å². The van der Waals surface area contributed by atoms with Gasteiger partial charge in [0, 0.05) is 24.2 Å². The maximum atomic E-state index is 5.57. The lowest BCUT2D eigenvalue weighted by atomic mass is 10.1. The van der Waals surface area contributed by atoms with Crippen LogP contribution in [0.15, 0.2) is 30.3 Å². The summed E-state index contributed by atoms with van der Waals surface area (Å²) in [5.41, 5.74) is 5.53. The highest BCUT2D eigenvalue weighted by molar-refractivity contribution is 5.67. The van der Waals surface area contributed by atoms with Gasteiger partial charge in [-0.3, -0.25) is 0 Å². The number of nitrogens with two attached hydrogens (primary N) is 1. The Balaban J connectivity index is 2.53. The van der Waals surface area contributed by atoms with Gasteiger partial charge in [-0.05, 0) is 6.92 Å². The van der Waals surface area contributed by atoms with Crippen LogP contribution in [0.25, 0.3) is 11.3 Å². The van der Waals surface area contributed by atoms with E-state index in [4.69, 9.17) is 10.6 Å². The highest BCUT2D eigenvalue weighted by Gasteiger charge is 2.16. The largest absolute Gasteiger partial charge is 0.384 e. The van der Waals surface area contributed by atoms with Crippen LogP contribution in [0.4, 0.5) is 5.82 Å². The lowest BCUT2D eigenvalue weighted by molar-refractivity contribution is 0.181. The van der Waals surface area contributed by atoms with Crippen LogP contribution in [0.5, 0.6) is 0 Å². The quantitative estimate of drug-likeness (QED) is 0.646. The highest BCUT2D eigenvalue weighted by Crippen LogP contribution is 2.27. The maximum absolute atomic E-state index is 5.57. The summed E-state index contributed by atoms with van der Waals surface area (Å²) in [7, 11) is 1.67. The lowest BCUT2D eigenvalue weighted by Gasteiger charge is -2.15. The zero-order valence-electron chi connectivity index (χ0n) is 12.1. The summed E-state index contributed by atoms with van der Waals surface area (Å²) in [6, 6.07) is 10.0. The molecule has 0 aliphatic carbocycles. The monoisotopic (exact) mass is 272 g/mol. The van der Waals surface area contributed by atoms with Crippen LogP contribution >= 0.6 is 0 Å². The molecule has 1 unspecified atom stereocenters. The summed E-state index contributed by atoms with van der Waals surface area (Å²) < 4.78 is 5.18. The van der Waals surface area contributed by atoms with Crippen molar-refractivity contribution < 1.29 is 4.74 Å². The second-order valence-electron chi connectivity index (χ2n) is 4.77. The van der Waals surface area contributed by atoms with Crippen molar-refractivity contribution in [1.82, 2.24) is 9.97 Å². The van der Waals surface area contributed by atoms with Crippen molar-refractivity contribution in [2.24, 2.45) is 5.84 Å². The van der Waals surface area contributed by atoms with E-state index in [-0.39, 0.29) is 5.92 Å². The topological polar surface area (TPSA) is 73.1 Å². The van der Waals surface area contributed by atoms with Crippen molar-refractivity contribution in [2.45, 2.75) is 19.8 Å². The third-order valence-electron chi connectivity index (χ3n) is 3.20. The minimum absolute atomic E-state index is 0.107. The highest BCUT2D eigenvalue weighted by atomic mass is 16.5. The third-order valence-corrected chi connectivity index (χ3v) is 3.20. The molecule has 1 atom stereocenters. The number of nitrogens with zero attached hydrogens (tertiary/aromatic N) is 2. The number of ether oxygens (including phenoxy) is 1. The summed E-state index contributed by atoms with van der Waals surface area (Å²) in [5, 5.41) is 0. The molecule has 1 aromatic heterocycles. The average molecular weight is 272 g/mol. The van der Waals surface area contributed by atoms with E-state index in [1.165, 1.54) is 0 Å². The number of methoxy groups -OCH3 is 1. The zero-order chi connectivity index (χ0) is 14.5. The number of aromatic nitrogens is 2. The second kappa shape index (κ2) is 6.45. The van der Waals surface area contributed by atoms with Gasteiger partial charge in [-0.15, -0.1) is 0 Å². The van der Waals surface area contributed by atoms with Gasteiger partial charge in [-0.1, -0.05) is 37.3 Å². The van der Waals surface area contributed by atoms with Gasteiger partial charge >= 0.3 is 0 Å². The molecule has 106 valence electrons. The Labute approximate surface area is 119 Å². The van der Waals surface area contributed by atoms with Crippen molar-refractivity contribution in [3.63, 3.8) is 0 Å². The Morgan fingerprint density at radius 2 is 1.95 bits per heavy atom. The molecule has 0 radical (unpaired) electrons. The van der Waals surface area contributed by atoms with Gasteiger partial charge < -0.3 is 10.2 Å². The number of nitrogens with one attached hydrogen (secondary N) is 1. The molecule has 0 aliphatic heterocycles. The lowest BCUT2D eigenvalue weighted by Crippen LogP contribution is -2.15. The Hall–Kier alpha value is -1.98. The van der Waals surface area contributed by atoms with E-state index >= 15 is 0 Å². The minimum Gasteiger partial charge on any atom is -0.384 e. The Kier molecular flexibility index (Phi) is 4.65. The van der Waals surface area contributed by atoms with Crippen molar-refractivity contribution in [2.75, 3.05) is 19.1 Å². The number of nitrogen functional groups attached to an aromatic ring is 1. The first kappa shape index (κ1) is 14.4. The number of hydrogen-bond donors (Lipinski definition) is 2. The van der Waals surface area contributed by atoms with Gasteiger partial charge in [0.1, 0.15) is 11.6 Å². The molecule has 1 aromatic carbocycles. The van der Waals surface area contributed by atoms with Crippen LogP contribution in [-0.4, -0.2) is 23.7 Å². The fraction of sp³-hybridized carbons (Fsp3) is 0.333. The summed E-state index contributed by atoms with van der Waals surface area (Å²) in [6.07, 6.45) is 0. The fourth-order valence-electron chi connectivity index (χ4n) is 2.10. The molecular weight excluding hydrogens is 252 g/mol. The van der Waals surface area contributed by atoms with Gasteiger partial charge in [-0.2, -0.15) is 0 Å². The van der Waals surface area contributed by atoms with Crippen molar-refractivity contribution >= 4 is 5.82 Å². The van der Waals surface area contributed by atoms with Crippen LogP contribution in [0.1, 0.15) is 24.2 Å². The van der Waals surface area contributed by atoms with E-state index in [9.17, 15) is 0 Å². The van der Waals surface area contributed by atoms with Gasteiger partial charge in [0.15, 0.2) is 0 Å². The van der Waals surface area contributed by atoms with Gasteiger partial charge in [0.2, 0.25) is 0 Å². The van der Waals surface area contributed by atoms with Crippen LogP contribution in [0.2, 0.25) is 0 Å². The molecule has 2 aromatic rings. The average Bonchev–Trinajstić information content (AvgIpc) is 2.48. The minimum atomic E-state index is 0.107. The number of rotatable bonds is 5. The van der Waals surface area contributed by atoms with Crippen LogP contribution in [-0.2, 0) is 4.74 Å². The predicted molar refractivity (Wildman–Crippen MR) is 80.3 cm³/mol. The normalized spacial score (nSPS) is 12.2. The van der Waals surface area contributed by atoms with E-state index < -0.39 is 0 Å². The molecule has 5 heteroatoms. The van der Waals surface area contributed by atoms with Crippen LogP contribution < -0.4 is 11.3 Å². The van der Waals surface area contributed by atoms with Crippen molar-refractivity contribution in [3.05, 3.63) is 41.7 Å². The Bertz CT molecular complexity index is 572. The number of hydrogen-bond acceptors (Lipinski definition) is 5. The van der Waals surface area contributed by atoms with Crippen molar-refractivity contribution in [3.8, 4) is 11.3 Å². The first-order chi connectivity index (χ1) is 9.67. The van der Waals surface area contributed by atoms with E-state index in [2.05, 4.69) is 15.4 Å². The standard InChI is InChI=1S/C15H20N4O/c1-10(9-20-3)14-17-13(11(2)15(18-14)19-16)12-7-5-4-6-8-12/h4-8,10H,9,16H2,1-3H3,(H,17,18,19). The molecule has 0 saturated carbocycles. The first-order valence-electron chi connectivity index (χ1n) is 6.56. The molecular formula is C15H20N4O. The third kappa shape index (κ3) is 2.95. The smallest absolute Gasteiger partial charge is 0.147 e. The van der Waals surface area contributed by atoms with Gasteiger partial charge in [-0.25, -0.2) is 15.8 Å². The molecule has 3 N–H and O–H groups in total. The number of hydrazine groups is 1. The van der Waals surface area contributed by atoms with E-state index in [0.29, 0.717) is 12.4 Å². The zero-order valence-corrected chi connectivity index (χ0v) is 12.1. The molecule has 0 aliphatic rings. The summed E-state index contributed by atoms with van der Waals surface area (Å²) in [4.78, 5) is 9.15. The molecule has 0 amide bonds. The molecule has 1 heterocycles. The molecule has 0 spiro atoms. The molecule has 0 fully saturated rings. The maximum Gasteiger partial charge on any atom is 0.147 e. The summed E-state index contributed by atoms with van der Waals surface area (Å²) in [6.45, 7) is 4.56. The second-order valence-corrected chi connectivity index (χ2v) is 4.77. The molecule has 2 rings (SSSR count).